The molecule has 0 spiro atoms. The maximum Gasteiger partial charge on any atom is 0.243 e. The van der Waals surface area contributed by atoms with Gasteiger partial charge in [0.1, 0.15) is 0 Å². The van der Waals surface area contributed by atoms with E-state index in [4.69, 9.17) is 0 Å². The van der Waals surface area contributed by atoms with E-state index in [0.717, 1.165) is 8.95 Å². The number of benzene rings is 2. The Labute approximate surface area is 176 Å². The van der Waals surface area contributed by atoms with Crippen molar-refractivity contribution in [3.8, 4) is 0 Å². The zero-order chi connectivity index (χ0) is 19.7. The van der Waals surface area contributed by atoms with Crippen LogP contribution in [0.5, 0.6) is 0 Å². The topological polar surface area (TPSA) is 74.8 Å². The van der Waals surface area contributed by atoms with Crippen LogP contribution in [0.4, 0.5) is 0 Å². The van der Waals surface area contributed by atoms with Gasteiger partial charge in [-0.1, -0.05) is 31.9 Å². The lowest BCUT2D eigenvalue weighted by atomic mass is 10.4. The van der Waals surface area contributed by atoms with Gasteiger partial charge in [0.15, 0.2) is 0 Å². The molecular formula is C17H18Br2N2O4S2. The van der Waals surface area contributed by atoms with Crippen LogP contribution in [-0.4, -0.2) is 51.6 Å². The number of nitrogens with zero attached hydrogens (tertiary/aromatic N) is 2. The molecule has 2 aromatic rings. The van der Waals surface area contributed by atoms with Crippen molar-refractivity contribution in [3.05, 3.63) is 57.5 Å². The third-order valence-electron chi connectivity index (χ3n) is 4.32. The van der Waals surface area contributed by atoms with Gasteiger partial charge in [-0.25, -0.2) is 16.8 Å². The normalized spacial score (nSPS) is 17.6. The summed E-state index contributed by atoms with van der Waals surface area (Å²) in [5.41, 5.74) is 0. The second kappa shape index (κ2) is 8.30. The highest BCUT2D eigenvalue weighted by molar-refractivity contribution is 9.10. The van der Waals surface area contributed by atoms with Crippen molar-refractivity contribution in [2.45, 2.75) is 16.2 Å². The molecule has 0 atom stereocenters. The number of hydrogen-bond acceptors (Lipinski definition) is 4. The Morgan fingerprint density at radius 1 is 0.593 bits per heavy atom. The number of halogens is 2. The van der Waals surface area contributed by atoms with Gasteiger partial charge in [-0.05, 0) is 55.0 Å². The van der Waals surface area contributed by atoms with E-state index in [0.29, 0.717) is 6.42 Å². The molecular weight excluding hydrogens is 520 g/mol. The molecule has 146 valence electrons. The summed E-state index contributed by atoms with van der Waals surface area (Å²) in [6, 6.07) is 12.9. The smallest absolute Gasteiger partial charge is 0.207 e. The molecule has 1 saturated heterocycles. The average Bonchev–Trinajstić information content (AvgIpc) is 2.90. The van der Waals surface area contributed by atoms with E-state index in [1.165, 1.54) is 8.61 Å². The van der Waals surface area contributed by atoms with E-state index in [9.17, 15) is 16.8 Å². The summed E-state index contributed by atoms with van der Waals surface area (Å²) in [4.78, 5) is 0.407. The molecule has 3 rings (SSSR count). The molecule has 27 heavy (non-hydrogen) atoms. The first-order chi connectivity index (χ1) is 12.7. The summed E-state index contributed by atoms with van der Waals surface area (Å²) in [6.07, 6.45) is 0.436. The Balaban J connectivity index is 1.79. The van der Waals surface area contributed by atoms with Crippen molar-refractivity contribution in [2.75, 3.05) is 26.2 Å². The quantitative estimate of drug-likeness (QED) is 0.599. The van der Waals surface area contributed by atoms with Crippen molar-refractivity contribution < 1.29 is 16.8 Å². The second-order valence-electron chi connectivity index (χ2n) is 6.07. The second-order valence-corrected chi connectivity index (χ2v) is 11.8. The van der Waals surface area contributed by atoms with Gasteiger partial charge in [-0.15, -0.1) is 0 Å². The molecule has 0 radical (unpaired) electrons. The molecule has 1 heterocycles. The Morgan fingerprint density at radius 3 is 1.26 bits per heavy atom. The van der Waals surface area contributed by atoms with Crippen molar-refractivity contribution in [1.29, 1.82) is 0 Å². The van der Waals surface area contributed by atoms with Gasteiger partial charge in [0.25, 0.3) is 0 Å². The van der Waals surface area contributed by atoms with Gasteiger partial charge in [0.05, 0.1) is 9.79 Å². The highest BCUT2D eigenvalue weighted by atomic mass is 79.9. The van der Waals surface area contributed by atoms with Crippen LogP contribution in [0.3, 0.4) is 0 Å². The Morgan fingerprint density at radius 2 is 0.926 bits per heavy atom. The maximum atomic E-state index is 12.9. The standard InChI is InChI=1S/C17H18Br2N2O4S2/c18-14-2-6-16(7-3-14)26(22,23)20-10-1-11-21(13-12-20)27(24,25)17-8-4-15(19)5-9-17/h2-9H,1,10-13H2. The van der Waals surface area contributed by atoms with Crippen LogP contribution in [0.15, 0.2) is 67.3 Å². The number of sulfonamides is 2. The van der Waals surface area contributed by atoms with Gasteiger partial charge in [0.2, 0.25) is 20.0 Å². The first-order valence-electron chi connectivity index (χ1n) is 8.23. The Hall–Kier alpha value is -0.780. The third-order valence-corrected chi connectivity index (χ3v) is 9.20. The summed E-state index contributed by atoms with van der Waals surface area (Å²) in [5.74, 6) is 0. The van der Waals surface area contributed by atoms with Crippen LogP contribution in [0.1, 0.15) is 6.42 Å². The Bertz CT molecular complexity index is 924. The molecule has 0 unspecified atom stereocenters. The van der Waals surface area contributed by atoms with E-state index in [-0.39, 0.29) is 36.0 Å². The van der Waals surface area contributed by atoms with Gasteiger partial charge < -0.3 is 0 Å². The highest BCUT2D eigenvalue weighted by Gasteiger charge is 2.31. The van der Waals surface area contributed by atoms with Crippen LogP contribution in [0, 0.1) is 0 Å². The molecule has 1 fully saturated rings. The predicted molar refractivity (Wildman–Crippen MR) is 110 cm³/mol. The summed E-state index contributed by atoms with van der Waals surface area (Å²) < 4.78 is 55.7. The summed E-state index contributed by atoms with van der Waals surface area (Å²) in [6.45, 7) is 0.803. The molecule has 1 aliphatic heterocycles. The fraction of sp³-hybridized carbons (Fsp3) is 0.294. The van der Waals surface area contributed by atoms with E-state index >= 15 is 0 Å². The fourth-order valence-corrected chi connectivity index (χ4v) is 6.33. The van der Waals surface area contributed by atoms with E-state index in [1.807, 2.05) is 0 Å². The van der Waals surface area contributed by atoms with Crippen molar-refractivity contribution >= 4 is 51.9 Å². The minimum Gasteiger partial charge on any atom is -0.207 e. The molecule has 0 bridgehead atoms. The lowest BCUT2D eigenvalue weighted by Gasteiger charge is -2.22. The lowest BCUT2D eigenvalue weighted by molar-refractivity contribution is 0.404. The van der Waals surface area contributed by atoms with Gasteiger partial charge in [-0.3, -0.25) is 0 Å². The summed E-state index contributed by atoms with van der Waals surface area (Å²) in [7, 11) is -7.31. The highest BCUT2D eigenvalue weighted by Crippen LogP contribution is 2.23. The summed E-state index contributed by atoms with van der Waals surface area (Å²) >= 11 is 6.58. The minimum atomic E-state index is -3.66. The molecule has 0 aromatic heterocycles. The van der Waals surface area contributed by atoms with Crippen molar-refractivity contribution in [1.82, 2.24) is 8.61 Å². The van der Waals surface area contributed by atoms with Gasteiger partial charge in [0, 0.05) is 35.1 Å². The zero-order valence-corrected chi connectivity index (χ0v) is 19.1. The molecule has 0 amide bonds. The molecule has 0 N–H and O–H groups in total. The zero-order valence-electron chi connectivity index (χ0n) is 14.3. The van der Waals surface area contributed by atoms with Crippen molar-refractivity contribution in [3.63, 3.8) is 0 Å². The first-order valence-corrected chi connectivity index (χ1v) is 12.7. The molecule has 6 nitrogen and oxygen atoms in total. The molecule has 0 saturated carbocycles. The van der Waals surface area contributed by atoms with E-state index < -0.39 is 20.0 Å². The number of rotatable bonds is 4. The van der Waals surface area contributed by atoms with Gasteiger partial charge in [-0.2, -0.15) is 8.61 Å². The van der Waals surface area contributed by atoms with Crippen LogP contribution >= 0.6 is 31.9 Å². The minimum absolute atomic E-state index is 0.119. The molecule has 10 heteroatoms. The fourth-order valence-electron chi connectivity index (χ4n) is 2.86. The van der Waals surface area contributed by atoms with Crippen LogP contribution in [0.25, 0.3) is 0 Å². The summed E-state index contributed by atoms with van der Waals surface area (Å²) in [5, 5.41) is 0. The monoisotopic (exact) mass is 536 g/mol. The first kappa shape index (κ1) is 20.9. The Kier molecular flexibility index (Phi) is 6.44. The van der Waals surface area contributed by atoms with Crippen molar-refractivity contribution in [2.24, 2.45) is 0 Å². The molecule has 0 aliphatic carbocycles. The maximum absolute atomic E-state index is 12.9. The number of hydrogen-bond donors (Lipinski definition) is 0. The van der Waals surface area contributed by atoms with Crippen LogP contribution in [0.2, 0.25) is 0 Å². The SMILES string of the molecule is O=S(=O)(c1ccc(Br)cc1)N1CCCN(S(=O)(=O)c2ccc(Br)cc2)CC1. The molecule has 2 aromatic carbocycles. The van der Waals surface area contributed by atoms with Gasteiger partial charge >= 0.3 is 0 Å². The van der Waals surface area contributed by atoms with E-state index in [2.05, 4.69) is 31.9 Å². The lowest BCUT2D eigenvalue weighted by Crippen LogP contribution is -2.37. The van der Waals surface area contributed by atoms with Crippen LogP contribution < -0.4 is 0 Å². The third kappa shape index (κ3) is 4.63. The van der Waals surface area contributed by atoms with Crippen LogP contribution in [-0.2, 0) is 20.0 Å². The largest absolute Gasteiger partial charge is 0.243 e. The molecule has 1 aliphatic rings. The van der Waals surface area contributed by atoms with E-state index in [1.54, 1.807) is 48.5 Å². The predicted octanol–water partition coefficient (Wildman–Crippen LogP) is 3.30. The average molecular weight is 538 g/mol.